The lowest BCUT2D eigenvalue weighted by Crippen LogP contribution is -2.50. The van der Waals surface area contributed by atoms with Gasteiger partial charge in [0.15, 0.2) is 11.9 Å². The van der Waals surface area contributed by atoms with Crippen LogP contribution in [0.1, 0.15) is 40.3 Å². The van der Waals surface area contributed by atoms with Crippen molar-refractivity contribution in [3.05, 3.63) is 131 Å². The van der Waals surface area contributed by atoms with Crippen molar-refractivity contribution in [2.45, 2.75) is 18.6 Å². The van der Waals surface area contributed by atoms with Gasteiger partial charge in [-0.05, 0) is 23.6 Å². The number of ether oxygens (including phenoxy) is 1. The predicted octanol–water partition coefficient (Wildman–Crippen LogP) is 3.98. The van der Waals surface area contributed by atoms with Gasteiger partial charge in [-0.25, -0.2) is 9.48 Å². The molecular formula is C27H25N5O2. The van der Waals surface area contributed by atoms with E-state index in [-0.39, 0.29) is 18.5 Å². The average molecular weight is 452 g/mol. The van der Waals surface area contributed by atoms with E-state index in [9.17, 15) is 4.79 Å². The molecule has 0 saturated carbocycles. The molecule has 1 aromatic heterocycles. The van der Waals surface area contributed by atoms with Gasteiger partial charge in [-0.1, -0.05) is 96.2 Å². The van der Waals surface area contributed by atoms with Crippen molar-refractivity contribution in [3.8, 4) is 0 Å². The topological polar surface area (TPSA) is 81.1 Å². The zero-order valence-corrected chi connectivity index (χ0v) is 18.8. The van der Waals surface area contributed by atoms with E-state index in [1.165, 1.54) is 0 Å². The second kappa shape index (κ2) is 9.23. The molecule has 1 aliphatic rings. The molecule has 0 saturated heterocycles. The van der Waals surface area contributed by atoms with Gasteiger partial charge in [0, 0.05) is 6.20 Å². The Kier molecular flexibility index (Phi) is 5.82. The van der Waals surface area contributed by atoms with Gasteiger partial charge in [0.2, 0.25) is 0 Å². The number of rotatable bonds is 8. The number of aromatic nitrogens is 3. The minimum atomic E-state index is -0.652. The molecule has 0 bridgehead atoms. The summed E-state index contributed by atoms with van der Waals surface area (Å²) < 4.78 is 6.67. The van der Waals surface area contributed by atoms with Crippen LogP contribution in [0.4, 0.5) is 0 Å². The second-order valence-electron chi connectivity index (χ2n) is 7.95. The maximum absolute atomic E-state index is 12.1. The molecule has 170 valence electrons. The van der Waals surface area contributed by atoms with Crippen LogP contribution >= 0.6 is 0 Å². The molecule has 0 fully saturated rings. The number of esters is 1. The van der Waals surface area contributed by atoms with Crippen molar-refractivity contribution >= 4 is 5.97 Å². The molecule has 2 N–H and O–H groups in total. The van der Waals surface area contributed by atoms with Crippen molar-refractivity contribution in [1.29, 1.82) is 0 Å². The maximum atomic E-state index is 12.1. The van der Waals surface area contributed by atoms with E-state index in [0.717, 1.165) is 22.4 Å². The quantitative estimate of drug-likeness (QED) is 0.312. The Morgan fingerprint density at radius 2 is 1.47 bits per heavy atom. The number of nitrogens with one attached hydrogen (secondary N) is 2. The van der Waals surface area contributed by atoms with E-state index >= 15 is 0 Å². The molecule has 2 heterocycles. The van der Waals surface area contributed by atoms with Gasteiger partial charge in [-0.2, -0.15) is 0 Å². The third-order valence-electron chi connectivity index (χ3n) is 5.90. The first kappa shape index (κ1) is 21.5. The van der Waals surface area contributed by atoms with Gasteiger partial charge in [0.1, 0.15) is 5.54 Å². The van der Waals surface area contributed by atoms with E-state index in [4.69, 9.17) is 4.74 Å². The molecule has 1 unspecified atom stereocenters. The Labute approximate surface area is 198 Å². The van der Waals surface area contributed by atoms with Crippen LogP contribution in [-0.4, -0.2) is 27.6 Å². The summed E-state index contributed by atoms with van der Waals surface area (Å²) in [5, 5.41) is 15.2. The molecule has 0 spiro atoms. The van der Waals surface area contributed by atoms with Crippen molar-refractivity contribution < 1.29 is 9.53 Å². The lowest BCUT2D eigenvalue weighted by atomic mass is 9.76. The number of benzene rings is 3. The molecule has 7 nitrogen and oxygen atoms in total. The largest absolute Gasteiger partial charge is 0.461 e. The van der Waals surface area contributed by atoms with Gasteiger partial charge in [0.05, 0.1) is 18.5 Å². The second-order valence-corrected chi connectivity index (χ2v) is 7.95. The van der Waals surface area contributed by atoms with Crippen LogP contribution in [0.15, 0.2) is 109 Å². The maximum Gasteiger partial charge on any atom is 0.360 e. The zero-order valence-electron chi connectivity index (χ0n) is 18.8. The Hall–Kier alpha value is -4.39. The Morgan fingerprint density at radius 3 is 1.91 bits per heavy atom. The summed E-state index contributed by atoms with van der Waals surface area (Å²) in [6.07, 6.45) is 3.21. The highest BCUT2D eigenvalue weighted by molar-refractivity contribution is 5.86. The van der Waals surface area contributed by atoms with Crippen LogP contribution in [0.3, 0.4) is 0 Å². The predicted molar refractivity (Wildman–Crippen MR) is 129 cm³/mol. The van der Waals surface area contributed by atoms with E-state index in [1.54, 1.807) is 17.8 Å². The lowest BCUT2D eigenvalue weighted by Gasteiger charge is -2.42. The van der Waals surface area contributed by atoms with Gasteiger partial charge >= 0.3 is 5.97 Å². The number of carbonyl (C=O) groups excluding carboxylic acids is 1. The summed E-state index contributed by atoms with van der Waals surface area (Å²) in [4.78, 5) is 12.1. The fourth-order valence-corrected chi connectivity index (χ4v) is 4.26. The van der Waals surface area contributed by atoms with Crippen LogP contribution in [-0.2, 0) is 10.3 Å². The van der Waals surface area contributed by atoms with Crippen molar-refractivity contribution in [1.82, 2.24) is 25.6 Å². The van der Waals surface area contributed by atoms with Gasteiger partial charge in [-0.3, -0.25) is 0 Å². The molecule has 4 aromatic rings. The van der Waals surface area contributed by atoms with E-state index in [1.807, 2.05) is 60.8 Å². The van der Waals surface area contributed by atoms with E-state index in [0.29, 0.717) is 0 Å². The summed E-state index contributed by atoms with van der Waals surface area (Å²) in [6, 6.07) is 31.1. The Morgan fingerprint density at radius 1 is 0.941 bits per heavy atom. The SMILES string of the molecule is CCOC(=O)c1cn(C2NC=C2NC(c2ccccc2)(c2ccccc2)c2ccccc2)nn1. The van der Waals surface area contributed by atoms with Crippen molar-refractivity contribution in [2.75, 3.05) is 6.61 Å². The molecule has 5 rings (SSSR count). The van der Waals surface area contributed by atoms with Crippen molar-refractivity contribution in [2.24, 2.45) is 0 Å². The average Bonchev–Trinajstić information content (AvgIpc) is 3.35. The molecule has 34 heavy (non-hydrogen) atoms. The zero-order chi connectivity index (χ0) is 23.4. The van der Waals surface area contributed by atoms with Gasteiger partial charge in [-0.15, -0.1) is 5.10 Å². The smallest absolute Gasteiger partial charge is 0.360 e. The lowest BCUT2D eigenvalue weighted by molar-refractivity contribution is 0.0519. The number of carbonyl (C=O) groups is 1. The Balaban J connectivity index is 1.57. The van der Waals surface area contributed by atoms with Crippen molar-refractivity contribution in [3.63, 3.8) is 0 Å². The molecule has 7 heteroatoms. The third kappa shape index (κ3) is 3.81. The first-order valence-electron chi connectivity index (χ1n) is 11.2. The fourth-order valence-electron chi connectivity index (χ4n) is 4.26. The highest BCUT2D eigenvalue weighted by Crippen LogP contribution is 2.39. The Bertz CT molecular complexity index is 1190. The molecule has 1 atom stereocenters. The fraction of sp³-hybridized carbons (Fsp3) is 0.148. The van der Waals surface area contributed by atoms with Crippen LogP contribution in [0, 0.1) is 0 Å². The van der Waals surface area contributed by atoms with Gasteiger partial charge in [0.25, 0.3) is 0 Å². The van der Waals surface area contributed by atoms with Crippen LogP contribution in [0.25, 0.3) is 0 Å². The number of hydrogen-bond acceptors (Lipinski definition) is 6. The highest BCUT2D eigenvalue weighted by atomic mass is 16.5. The summed E-state index contributed by atoms with van der Waals surface area (Å²) in [5.41, 5.74) is 3.74. The molecular weight excluding hydrogens is 426 g/mol. The first-order chi connectivity index (χ1) is 16.7. The monoisotopic (exact) mass is 451 g/mol. The molecule has 3 aromatic carbocycles. The van der Waals surface area contributed by atoms with E-state index < -0.39 is 11.5 Å². The van der Waals surface area contributed by atoms with Crippen LogP contribution in [0.5, 0.6) is 0 Å². The van der Waals surface area contributed by atoms with Crippen LogP contribution in [0.2, 0.25) is 0 Å². The standard InChI is InChI=1S/C27H25N5O2/c1-2-34-26(33)24-19-32(31-30-24)25-23(18-28-25)29-27(20-12-6-3-7-13-20,21-14-8-4-9-15-21)22-16-10-5-11-17-22/h3-19,25,28-29H,2H2,1H3. The van der Waals surface area contributed by atoms with Crippen LogP contribution < -0.4 is 10.6 Å². The summed E-state index contributed by atoms with van der Waals surface area (Å²) in [5.74, 6) is -0.487. The summed E-state index contributed by atoms with van der Waals surface area (Å²) >= 11 is 0. The van der Waals surface area contributed by atoms with Gasteiger partial charge < -0.3 is 15.4 Å². The normalized spacial score (nSPS) is 15.0. The first-order valence-corrected chi connectivity index (χ1v) is 11.2. The highest BCUT2D eigenvalue weighted by Gasteiger charge is 2.40. The number of nitrogens with zero attached hydrogens (tertiary/aromatic N) is 3. The molecule has 0 aliphatic carbocycles. The minimum Gasteiger partial charge on any atom is -0.461 e. The molecule has 1 aliphatic heterocycles. The summed E-state index contributed by atoms with van der Waals surface area (Å²) in [7, 11) is 0. The third-order valence-corrected chi connectivity index (χ3v) is 5.90. The summed E-state index contributed by atoms with van der Waals surface area (Å²) in [6.45, 7) is 2.05. The minimum absolute atomic E-state index is 0.176. The molecule has 0 amide bonds. The number of hydrogen-bond donors (Lipinski definition) is 2. The molecule has 0 radical (unpaired) electrons. The van der Waals surface area contributed by atoms with E-state index in [2.05, 4.69) is 57.3 Å².